The largest absolute Gasteiger partial charge is 0.389 e. The highest BCUT2D eigenvalue weighted by Crippen LogP contribution is 2.13. The van der Waals surface area contributed by atoms with Crippen LogP contribution in [-0.2, 0) is 15.8 Å². The molecule has 1 aromatic carbocycles. The lowest BCUT2D eigenvalue weighted by Gasteiger charge is -2.22. The van der Waals surface area contributed by atoms with Crippen molar-refractivity contribution in [3.8, 4) is 0 Å². The third-order valence-electron chi connectivity index (χ3n) is 2.90. The topological polar surface area (TPSA) is 63.4 Å². The summed E-state index contributed by atoms with van der Waals surface area (Å²) < 4.78 is 26.2. The van der Waals surface area contributed by atoms with Crippen molar-refractivity contribution in [1.29, 1.82) is 0 Å². The second-order valence-corrected chi connectivity index (χ2v) is 7.57. The summed E-state index contributed by atoms with van der Waals surface area (Å²) in [5.41, 5.74) is 7.01. The minimum atomic E-state index is -3.28. The lowest BCUT2D eigenvalue weighted by Crippen LogP contribution is -2.34. The highest BCUT2D eigenvalue weighted by atomic mass is 32.2. The summed E-state index contributed by atoms with van der Waals surface area (Å²) in [7, 11) is -3.28. The summed E-state index contributed by atoms with van der Waals surface area (Å²) in [4.78, 5) is 0.314. The standard InChI is InChI=1S/C14H22N2O2S2/c1-4-16(9-11(2)3)20(17,18)10-12-5-7-13(8-6-12)14(15)19/h5-8,11H,4,9-10H2,1-3H3,(H2,15,19). The fourth-order valence-corrected chi connectivity index (χ4v) is 3.76. The van der Waals surface area contributed by atoms with Gasteiger partial charge >= 0.3 is 0 Å². The van der Waals surface area contributed by atoms with Crippen molar-refractivity contribution in [3.63, 3.8) is 0 Å². The van der Waals surface area contributed by atoms with E-state index >= 15 is 0 Å². The highest BCUT2D eigenvalue weighted by Gasteiger charge is 2.21. The van der Waals surface area contributed by atoms with Crippen LogP contribution in [0.1, 0.15) is 31.9 Å². The van der Waals surface area contributed by atoms with Crippen molar-refractivity contribution < 1.29 is 8.42 Å². The number of thiocarbonyl (C=S) groups is 1. The van der Waals surface area contributed by atoms with Crippen LogP contribution in [0.15, 0.2) is 24.3 Å². The van der Waals surface area contributed by atoms with Gasteiger partial charge in [0.1, 0.15) is 4.99 Å². The van der Waals surface area contributed by atoms with Gasteiger partial charge in [-0.2, -0.15) is 0 Å². The van der Waals surface area contributed by atoms with E-state index in [0.29, 0.717) is 24.0 Å². The highest BCUT2D eigenvalue weighted by molar-refractivity contribution is 7.88. The van der Waals surface area contributed by atoms with E-state index in [9.17, 15) is 8.42 Å². The molecule has 112 valence electrons. The van der Waals surface area contributed by atoms with E-state index < -0.39 is 10.0 Å². The Morgan fingerprint density at radius 2 is 1.85 bits per heavy atom. The molecule has 6 heteroatoms. The molecule has 0 aliphatic heterocycles. The zero-order chi connectivity index (χ0) is 15.3. The van der Waals surface area contributed by atoms with Crippen LogP contribution < -0.4 is 5.73 Å². The maximum absolute atomic E-state index is 12.4. The summed E-state index contributed by atoms with van der Waals surface area (Å²) in [6, 6.07) is 7.03. The number of hydrogen-bond acceptors (Lipinski definition) is 3. The van der Waals surface area contributed by atoms with Gasteiger partial charge in [-0.25, -0.2) is 12.7 Å². The number of rotatable bonds is 7. The van der Waals surface area contributed by atoms with E-state index in [4.69, 9.17) is 18.0 Å². The lowest BCUT2D eigenvalue weighted by atomic mass is 10.1. The summed E-state index contributed by atoms with van der Waals surface area (Å²) in [6.45, 7) is 6.91. The van der Waals surface area contributed by atoms with E-state index in [1.54, 1.807) is 24.3 Å². The first-order chi connectivity index (χ1) is 9.26. The summed E-state index contributed by atoms with van der Waals surface area (Å²) >= 11 is 4.87. The molecule has 0 saturated heterocycles. The third-order valence-corrected chi connectivity index (χ3v) is 5.03. The summed E-state index contributed by atoms with van der Waals surface area (Å²) in [6.07, 6.45) is 0. The van der Waals surface area contributed by atoms with E-state index in [1.807, 2.05) is 20.8 Å². The van der Waals surface area contributed by atoms with Gasteiger partial charge in [-0.1, -0.05) is 57.3 Å². The van der Waals surface area contributed by atoms with Crippen LogP contribution in [0.25, 0.3) is 0 Å². The van der Waals surface area contributed by atoms with Gasteiger partial charge in [0.05, 0.1) is 5.75 Å². The number of sulfonamides is 1. The molecule has 0 aromatic heterocycles. The van der Waals surface area contributed by atoms with E-state index in [1.165, 1.54) is 4.31 Å². The Labute approximate surface area is 127 Å². The molecule has 4 nitrogen and oxygen atoms in total. The maximum atomic E-state index is 12.4. The van der Waals surface area contributed by atoms with Gasteiger partial charge in [0.2, 0.25) is 10.0 Å². The van der Waals surface area contributed by atoms with E-state index in [0.717, 1.165) is 11.1 Å². The first kappa shape index (κ1) is 17.1. The minimum absolute atomic E-state index is 0.00513. The molecule has 0 saturated carbocycles. The molecule has 0 heterocycles. The van der Waals surface area contributed by atoms with Crippen LogP contribution in [0.3, 0.4) is 0 Å². The van der Waals surface area contributed by atoms with Gasteiger partial charge in [-0.05, 0) is 11.5 Å². The van der Waals surface area contributed by atoms with Crippen molar-refractivity contribution in [2.45, 2.75) is 26.5 Å². The molecule has 0 amide bonds. The van der Waals surface area contributed by atoms with Gasteiger partial charge in [0, 0.05) is 18.7 Å². The maximum Gasteiger partial charge on any atom is 0.218 e. The Kier molecular flexibility index (Phi) is 6.10. The Balaban J connectivity index is 2.86. The Hall–Kier alpha value is -0.980. The molecule has 0 radical (unpaired) electrons. The molecule has 1 rings (SSSR count). The molecule has 0 bridgehead atoms. The molecular weight excluding hydrogens is 292 g/mol. The summed E-state index contributed by atoms with van der Waals surface area (Å²) in [5.74, 6) is 0.312. The van der Waals surface area contributed by atoms with Gasteiger partial charge < -0.3 is 5.73 Å². The van der Waals surface area contributed by atoms with Gasteiger partial charge in [0.15, 0.2) is 0 Å². The molecule has 2 N–H and O–H groups in total. The molecule has 0 fully saturated rings. The second-order valence-electron chi connectivity index (χ2n) is 5.16. The van der Waals surface area contributed by atoms with Crippen LogP contribution in [0.2, 0.25) is 0 Å². The molecule has 0 aliphatic carbocycles. The number of hydrogen-bond donors (Lipinski definition) is 1. The molecule has 0 aliphatic rings. The van der Waals surface area contributed by atoms with Crippen molar-refractivity contribution in [3.05, 3.63) is 35.4 Å². The molecule has 0 atom stereocenters. The smallest absolute Gasteiger partial charge is 0.218 e. The number of nitrogens with two attached hydrogens (primary N) is 1. The fraction of sp³-hybridized carbons (Fsp3) is 0.500. The zero-order valence-corrected chi connectivity index (χ0v) is 13.8. The third kappa shape index (κ3) is 4.85. The first-order valence-electron chi connectivity index (χ1n) is 6.62. The molecule has 0 spiro atoms. The number of benzene rings is 1. The minimum Gasteiger partial charge on any atom is -0.389 e. The zero-order valence-electron chi connectivity index (χ0n) is 12.2. The average molecular weight is 314 g/mol. The van der Waals surface area contributed by atoms with Crippen LogP contribution in [0.4, 0.5) is 0 Å². The Morgan fingerprint density at radius 1 is 1.30 bits per heavy atom. The normalized spacial score (nSPS) is 12.1. The van der Waals surface area contributed by atoms with Crippen LogP contribution in [-0.4, -0.2) is 30.8 Å². The van der Waals surface area contributed by atoms with Crippen LogP contribution in [0.5, 0.6) is 0 Å². The van der Waals surface area contributed by atoms with E-state index in [-0.39, 0.29) is 5.75 Å². The predicted octanol–water partition coefficient (Wildman–Crippen LogP) is 2.13. The molecule has 20 heavy (non-hydrogen) atoms. The molecular formula is C14H22N2O2S2. The Morgan fingerprint density at radius 3 is 2.25 bits per heavy atom. The number of nitrogens with zero attached hydrogens (tertiary/aromatic N) is 1. The van der Waals surface area contributed by atoms with Crippen molar-refractivity contribution in [2.75, 3.05) is 13.1 Å². The quantitative estimate of drug-likeness (QED) is 0.783. The van der Waals surface area contributed by atoms with Gasteiger partial charge in [0.25, 0.3) is 0 Å². The van der Waals surface area contributed by atoms with Crippen molar-refractivity contribution >= 4 is 27.2 Å². The van der Waals surface area contributed by atoms with Crippen molar-refractivity contribution in [1.82, 2.24) is 4.31 Å². The van der Waals surface area contributed by atoms with E-state index in [2.05, 4.69) is 0 Å². The lowest BCUT2D eigenvalue weighted by molar-refractivity contribution is 0.380. The van der Waals surface area contributed by atoms with Gasteiger partial charge in [-0.3, -0.25) is 0 Å². The predicted molar refractivity (Wildman–Crippen MR) is 87.0 cm³/mol. The second kappa shape index (κ2) is 7.15. The van der Waals surface area contributed by atoms with Crippen LogP contribution in [0, 0.1) is 5.92 Å². The summed E-state index contributed by atoms with van der Waals surface area (Å²) in [5, 5.41) is 0. The Bertz CT molecular complexity index is 551. The van der Waals surface area contributed by atoms with Gasteiger partial charge in [-0.15, -0.1) is 0 Å². The average Bonchev–Trinajstić information content (AvgIpc) is 2.35. The molecule has 1 aromatic rings. The monoisotopic (exact) mass is 314 g/mol. The molecule has 0 unspecified atom stereocenters. The van der Waals surface area contributed by atoms with Crippen molar-refractivity contribution in [2.24, 2.45) is 11.7 Å². The first-order valence-corrected chi connectivity index (χ1v) is 8.64. The SMILES string of the molecule is CCN(CC(C)C)S(=O)(=O)Cc1ccc(C(N)=S)cc1. The van der Waals surface area contributed by atoms with Crippen LogP contribution >= 0.6 is 12.2 Å². The fourth-order valence-electron chi connectivity index (χ4n) is 1.91.